The number of allylic oxidation sites excluding steroid dienone is 1. The number of halogens is 1. The predicted molar refractivity (Wildman–Crippen MR) is 125 cm³/mol. The van der Waals surface area contributed by atoms with Gasteiger partial charge in [-0.2, -0.15) is 0 Å². The first-order chi connectivity index (χ1) is 15.4. The molecule has 0 saturated heterocycles. The molecule has 0 unspecified atom stereocenters. The molecule has 0 N–H and O–H groups in total. The highest BCUT2D eigenvalue weighted by Gasteiger charge is 2.33. The number of rotatable bonds is 5. The van der Waals surface area contributed by atoms with Crippen molar-refractivity contribution in [2.75, 3.05) is 13.7 Å². The van der Waals surface area contributed by atoms with Crippen molar-refractivity contribution in [1.29, 1.82) is 0 Å². The van der Waals surface area contributed by atoms with Crippen molar-refractivity contribution in [3.63, 3.8) is 0 Å². The Kier molecular flexibility index (Phi) is 6.30. The van der Waals surface area contributed by atoms with Crippen LogP contribution in [0.5, 0.6) is 5.75 Å². The van der Waals surface area contributed by atoms with Crippen LogP contribution < -0.4 is 19.6 Å². The third-order valence-electron chi connectivity index (χ3n) is 5.12. The minimum Gasteiger partial charge on any atom is -0.497 e. The average molecular weight is 469 g/mol. The number of carbonyl (C=O) groups excluding carboxylic acids is 1. The monoisotopic (exact) mass is 468 g/mol. The number of benzene rings is 2. The molecular formula is C24H21ClN2O4S. The lowest BCUT2D eigenvalue weighted by molar-refractivity contribution is -0.139. The number of fused-ring (bicyclic) bond motifs is 1. The Balaban J connectivity index is 1.92. The van der Waals surface area contributed by atoms with Gasteiger partial charge >= 0.3 is 5.97 Å². The Morgan fingerprint density at radius 1 is 1.19 bits per heavy atom. The van der Waals surface area contributed by atoms with E-state index < -0.39 is 12.0 Å². The number of thiazole rings is 1. The highest BCUT2D eigenvalue weighted by Crippen LogP contribution is 2.31. The summed E-state index contributed by atoms with van der Waals surface area (Å²) < 4.78 is 12.6. The minimum atomic E-state index is -0.652. The molecule has 8 heteroatoms. The first-order valence-corrected chi connectivity index (χ1v) is 11.2. The topological polar surface area (TPSA) is 69.9 Å². The number of carbonyl (C=O) groups is 1. The van der Waals surface area contributed by atoms with Crippen LogP contribution in [-0.4, -0.2) is 24.3 Å². The van der Waals surface area contributed by atoms with E-state index in [0.29, 0.717) is 25.6 Å². The van der Waals surface area contributed by atoms with E-state index in [2.05, 4.69) is 4.99 Å². The molecular weight excluding hydrogens is 448 g/mol. The number of esters is 1. The van der Waals surface area contributed by atoms with Gasteiger partial charge < -0.3 is 9.47 Å². The van der Waals surface area contributed by atoms with E-state index in [0.717, 1.165) is 16.9 Å². The summed E-state index contributed by atoms with van der Waals surface area (Å²) in [6, 6.07) is 13.9. The zero-order valence-corrected chi connectivity index (χ0v) is 19.4. The standard InChI is InChI=1S/C24H21ClN2O4S/c1-4-31-23(29)20-14(2)26-24-27(21(20)16-7-9-17(25)10-8-16)22(28)19(32-24)13-15-5-11-18(30-3)12-6-15/h5-13,21H,4H2,1-3H3/b19-13+/t21-/m0/s1. The highest BCUT2D eigenvalue weighted by atomic mass is 35.5. The van der Waals surface area contributed by atoms with E-state index >= 15 is 0 Å². The van der Waals surface area contributed by atoms with E-state index in [4.69, 9.17) is 21.1 Å². The molecule has 32 heavy (non-hydrogen) atoms. The smallest absolute Gasteiger partial charge is 0.338 e. The number of aromatic nitrogens is 1. The second kappa shape index (κ2) is 9.14. The van der Waals surface area contributed by atoms with Crippen LogP contribution in [0.15, 0.2) is 69.6 Å². The molecule has 0 spiro atoms. The fourth-order valence-corrected chi connectivity index (χ4v) is 4.78. The molecule has 0 bridgehead atoms. The van der Waals surface area contributed by atoms with Crippen LogP contribution in [0.2, 0.25) is 5.02 Å². The molecule has 0 radical (unpaired) electrons. The van der Waals surface area contributed by atoms with E-state index in [9.17, 15) is 9.59 Å². The van der Waals surface area contributed by atoms with Gasteiger partial charge in [-0.05, 0) is 55.3 Å². The average Bonchev–Trinajstić information content (AvgIpc) is 3.08. The van der Waals surface area contributed by atoms with Gasteiger partial charge in [-0.1, -0.05) is 47.2 Å². The Morgan fingerprint density at radius 3 is 2.50 bits per heavy atom. The fourth-order valence-electron chi connectivity index (χ4n) is 3.60. The molecule has 0 saturated carbocycles. The first kappa shape index (κ1) is 22.0. The molecule has 6 nitrogen and oxygen atoms in total. The van der Waals surface area contributed by atoms with Gasteiger partial charge in [0.1, 0.15) is 5.75 Å². The number of methoxy groups -OCH3 is 1. The molecule has 0 fully saturated rings. The maximum Gasteiger partial charge on any atom is 0.338 e. The summed E-state index contributed by atoms with van der Waals surface area (Å²) in [5, 5.41) is 0.569. The van der Waals surface area contributed by atoms with Crippen LogP contribution in [0.1, 0.15) is 31.0 Å². The summed E-state index contributed by atoms with van der Waals surface area (Å²) in [6.07, 6.45) is 1.81. The van der Waals surface area contributed by atoms with Crippen LogP contribution >= 0.6 is 22.9 Å². The third-order valence-corrected chi connectivity index (χ3v) is 6.35. The van der Waals surface area contributed by atoms with Gasteiger partial charge in [0.05, 0.1) is 35.6 Å². The van der Waals surface area contributed by atoms with Gasteiger partial charge in [0.2, 0.25) is 0 Å². The van der Waals surface area contributed by atoms with Crippen molar-refractivity contribution in [1.82, 2.24) is 4.57 Å². The molecule has 2 aromatic carbocycles. The lowest BCUT2D eigenvalue weighted by Gasteiger charge is -2.24. The quantitative estimate of drug-likeness (QED) is 0.538. The van der Waals surface area contributed by atoms with E-state index in [1.54, 1.807) is 37.7 Å². The van der Waals surface area contributed by atoms with Crippen LogP contribution in [0.4, 0.5) is 0 Å². The lowest BCUT2D eigenvalue weighted by Crippen LogP contribution is -2.39. The van der Waals surface area contributed by atoms with Crippen LogP contribution in [0, 0.1) is 0 Å². The van der Waals surface area contributed by atoms with Gasteiger partial charge in [-0.3, -0.25) is 9.36 Å². The number of ether oxygens (including phenoxy) is 2. The molecule has 1 aliphatic heterocycles. The maximum absolute atomic E-state index is 13.5. The Bertz CT molecular complexity index is 1370. The largest absolute Gasteiger partial charge is 0.497 e. The number of hydrogen-bond donors (Lipinski definition) is 0. The summed E-state index contributed by atoms with van der Waals surface area (Å²) in [6.45, 7) is 3.73. The van der Waals surface area contributed by atoms with Crippen molar-refractivity contribution < 1.29 is 14.3 Å². The van der Waals surface area contributed by atoms with Gasteiger partial charge in [-0.25, -0.2) is 9.79 Å². The molecule has 1 aliphatic rings. The Labute approximate surface area is 193 Å². The van der Waals surface area contributed by atoms with Gasteiger partial charge in [0, 0.05) is 5.02 Å². The molecule has 2 heterocycles. The zero-order valence-electron chi connectivity index (χ0n) is 17.8. The van der Waals surface area contributed by atoms with Crippen LogP contribution in [0.25, 0.3) is 6.08 Å². The first-order valence-electron chi connectivity index (χ1n) is 10.0. The van der Waals surface area contributed by atoms with E-state index in [1.165, 1.54) is 11.3 Å². The normalized spacial score (nSPS) is 15.9. The third kappa shape index (κ3) is 4.13. The van der Waals surface area contributed by atoms with Crippen LogP contribution in [0.3, 0.4) is 0 Å². The molecule has 4 rings (SSSR count). The molecule has 1 atom stereocenters. The molecule has 1 aromatic heterocycles. The van der Waals surface area contributed by atoms with Crippen molar-refractivity contribution in [2.45, 2.75) is 19.9 Å². The molecule has 0 aliphatic carbocycles. The van der Waals surface area contributed by atoms with E-state index in [-0.39, 0.29) is 12.2 Å². The van der Waals surface area contributed by atoms with Gasteiger partial charge in [0.15, 0.2) is 4.80 Å². The van der Waals surface area contributed by atoms with Crippen molar-refractivity contribution in [3.05, 3.63) is 95.6 Å². The number of nitrogens with zero attached hydrogens (tertiary/aromatic N) is 2. The lowest BCUT2D eigenvalue weighted by atomic mass is 9.96. The maximum atomic E-state index is 13.5. The Morgan fingerprint density at radius 2 is 1.88 bits per heavy atom. The minimum absolute atomic E-state index is 0.223. The van der Waals surface area contributed by atoms with Gasteiger partial charge in [0.25, 0.3) is 5.56 Å². The summed E-state index contributed by atoms with van der Waals surface area (Å²) in [5.41, 5.74) is 2.27. The van der Waals surface area contributed by atoms with Crippen molar-refractivity contribution in [3.8, 4) is 5.75 Å². The molecule has 164 valence electrons. The SMILES string of the molecule is CCOC(=O)C1=C(C)N=c2s/c(=C/c3ccc(OC)cc3)c(=O)n2[C@H]1c1ccc(Cl)cc1. The second-order valence-corrected chi connectivity index (χ2v) is 8.57. The van der Waals surface area contributed by atoms with Crippen molar-refractivity contribution in [2.24, 2.45) is 4.99 Å². The fraction of sp³-hybridized carbons (Fsp3) is 0.208. The van der Waals surface area contributed by atoms with E-state index in [1.807, 2.05) is 42.5 Å². The predicted octanol–water partition coefficient (Wildman–Crippen LogP) is 3.46. The second-order valence-electron chi connectivity index (χ2n) is 7.13. The summed E-state index contributed by atoms with van der Waals surface area (Å²) in [7, 11) is 1.60. The van der Waals surface area contributed by atoms with Gasteiger partial charge in [-0.15, -0.1) is 0 Å². The molecule has 3 aromatic rings. The molecule has 0 amide bonds. The number of hydrogen-bond acceptors (Lipinski definition) is 6. The highest BCUT2D eigenvalue weighted by molar-refractivity contribution is 7.07. The van der Waals surface area contributed by atoms with Crippen molar-refractivity contribution >= 4 is 35.0 Å². The summed E-state index contributed by atoms with van der Waals surface area (Å²) in [4.78, 5) is 31.4. The summed E-state index contributed by atoms with van der Waals surface area (Å²) in [5.74, 6) is 0.249. The zero-order chi connectivity index (χ0) is 22.8. The Hall–Kier alpha value is -3.16. The van der Waals surface area contributed by atoms with Crippen LogP contribution in [-0.2, 0) is 9.53 Å². The summed E-state index contributed by atoms with van der Waals surface area (Å²) >= 11 is 7.36.